The van der Waals surface area contributed by atoms with Gasteiger partial charge in [-0.1, -0.05) is 30.3 Å². The molecule has 0 aliphatic heterocycles. The minimum absolute atomic E-state index is 0.0832. The number of ether oxygens (including phenoxy) is 1. The molecular formula is C24H25N5O3S. The summed E-state index contributed by atoms with van der Waals surface area (Å²) in [5.41, 5.74) is 2.92. The second-order valence-electron chi connectivity index (χ2n) is 7.32. The summed E-state index contributed by atoms with van der Waals surface area (Å²) in [7, 11) is 0. The molecule has 2 aromatic heterocycles. The SMILES string of the molecule is CCOCCCn1c(NC(=O)Cc2csc(NC(=O)c3ccccc3)n2)nc2ccccc21. The molecule has 8 nitrogen and oxygen atoms in total. The van der Waals surface area contributed by atoms with Crippen LogP contribution in [0, 0.1) is 0 Å². The smallest absolute Gasteiger partial charge is 0.257 e. The topological polar surface area (TPSA) is 98.1 Å². The number of rotatable bonds is 10. The van der Waals surface area contributed by atoms with Gasteiger partial charge < -0.3 is 9.30 Å². The first-order valence-electron chi connectivity index (χ1n) is 10.8. The highest BCUT2D eigenvalue weighted by Gasteiger charge is 2.15. The van der Waals surface area contributed by atoms with Crippen LogP contribution in [0.2, 0.25) is 0 Å². The molecule has 0 bridgehead atoms. The van der Waals surface area contributed by atoms with E-state index >= 15 is 0 Å². The Morgan fingerprint density at radius 2 is 1.82 bits per heavy atom. The van der Waals surface area contributed by atoms with Gasteiger partial charge in [-0.15, -0.1) is 11.3 Å². The summed E-state index contributed by atoms with van der Waals surface area (Å²) in [6.45, 7) is 3.97. The zero-order valence-electron chi connectivity index (χ0n) is 18.3. The lowest BCUT2D eigenvalue weighted by Crippen LogP contribution is -2.18. The van der Waals surface area contributed by atoms with E-state index in [9.17, 15) is 9.59 Å². The summed E-state index contributed by atoms with van der Waals surface area (Å²) in [6, 6.07) is 16.7. The van der Waals surface area contributed by atoms with Crippen LogP contribution in [0.3, 0.4) is 0 Å². The van der Waals surface area contributed by atoms with Gasteiger partial charge in [0.2, 0.25) is 11.9 Å². The first-order valence-corrected chi connectivity index (χ1v) is 11.7. The number of benzene rings is 2. The van der Waals surface area contributed by atoms with Crippen LogP contribution in [-0.4, -0.2) is 39.6 Å². The summed E-state index contributed by atoms with van der Waals surface area (Å²) in [4.78, 5) is 34.0. The number of carbonyl (C=O) groups excluding carboxylic acids is 2. The van der Waals surface area contributed by atoms with Crippen molar-refractivity contribution < 1.29 is 14.3 Å². The summed E-state index contributed by atoms with van der Waals surface area (Å²) in [5.74, 6) is 0.0508. The average Bonchev–Trinajstić information content (AvgIpc) is 3.41. The Bertz CT molecular complexity index is 1240. The Balaban J connectivity index is 1.40. The molecule has 0 saturated heterocycles. The van der Waals surface area contributed by atoms with Gasteiger partial charge in [0.25, 0.3) is 5.91 Å². The number of anilines is 2. The summed E-state index contributed by atoms with van der Waals surface area (Å²) in [6.07, 6.45) is 0.896. The van der Waals surface area contributed by atoms with Crippen LogP contribution < -0.4 is 10.6 Å². The zero-order valence-corrected chi connectivity index (χ0v) is 19.1. The zero-order chi connectivity index (χ0) is 23.0. The van der Waals surface area contributed by atoms with Crippen LogP contribution in [0.5, 0.6) is 0 Å². The maximum Gasteiger partial charge on any atom is 0.257 e. The molecular weight excluding hydrogens is 438 g/mol. The molecule has 170 valence electrons. The van der Waals surface area contributed by atoms with Crippen LogP contribution in [0.4, 0.5) is 11.1 Å². The van der Waals surface area contributed by atoms with Gasteiger partial charge in [0.1, 0.15) is 0 Å². The number of fused-ring (bicyclic) bond motifs is 1. The highest BCUT2D eigenvalue weighted by molar-refractivity contribution is 7.14. The largest absolute Gasteiger partial charge is 0.382 e. The van der Waals surface area contributed by atoms with Crippen molar-refractivity contribution in [3.05, 3.63) is 71.2 Å². The Labute approximate surface area is 195 Å². The van der Waals surface area contributed by atoms with E-state index in [0.29, 0.717) is 42.1 Å². The minimum Gasteiger partial charge on any atom is -0.382 e. The number of imidazole rings is 1. The summed E-state index contributed by atoms with van der Waals surface area (Å²) < 4.78 is 7.44. The van der Waals surface area contributed by atoms with Crippen molar-refractivity contribution in [1.82, 2.24) is 14.5 Å². The fourth-order valence-electron chi connectivity index (χ4n) is 3.40. The second-order valence-corrected chi connectivity index (χ2v) is 8.17. The van der Waals surface area contributed by atoms with Crippen molar-refractivity contribution in [2.45, 2.75) is 26.3 Å². The fourth-order valence-corrected chi connectivity index (χ4v) is 4.11. The first kappa shape index (κ1) is 22.6. The van der Waals surface area contributed by atoms with E-state index in [4.69, 9.17) is 4.74 Å². The maximum atomic E-state index is 12.7. The molecule has 4 aromatic rings. The van der Waals surface area contributed by atoms with E-state index in [1.165, 1.54) is 11.3 Å². The Morgan fingerprint density at radius 3 is 2.64 bits per heavy atom. The molecule has 9 heteroatoms. The molecule has 0 aliphatic carbocycles. The molecule has 0 fully saturated rings. The van der Waals surface area contributed by atoms with E-state index in [2.05, 4.69) is 20.6 Å². The Morgan fingerprint density at radius 1 is 1.03 bits per heavy atom. The third-order valence-electron chi connectivity index (χ3n) is 4.93. The number of hydrogen-bond acceptors (Lipinski definition) is 6. The molecule has 0 spiro atoms. The van der Waals surface area contributed by atoms with Crippen molar-refractivity contribution >= 4 is 45.3 Å². The number of amides is 2. The molecule has 2 heterocycles. The molecule has 2 amide bonds. The van der Waals surface area contributed by atoms with E-state index in [1.807, 2.05) is 41.8 Å². The van der Waals surface area contributed by atoms with Crippen molar-refractivity contribution in [3.8, 4) is 0 Å². The average molecular weight is 464 g/mol. The number of nitrogens with zero attached hydrogens (tertiary/aromatic N) is 3. The standard InChI is InChI=1S/C24H25N5O3S/c1-2-32-14-8-13-29-20-12-7-6-11-19(20)26-23(29)27-21(30)15-18-16-33-24(25-18)28-22(31)17-9-4-3-5-10-17/h3-7,9-12,16H,2,8,13-15H2,1H3,(H,25,28,31)(H,26,27,30). The normalized spacial score (nSPS) is 10.9. The van der Waals surface area contributed by atoms with E-state index in [1.54, 1.807) is 29.6 Å². The summed E-state index contributed by atoms with van der Waals surface area (Å²) >= 11 is 1.29. The predicted octanol–water partition coefficient (Wildman–Crippen LogP) is 4.35. The fraction of sp³-hybridized carbons (Fsp3) is 0.250. The molecule has 2 N–H and O–H groups in total. The van der Waals surface area contributed by atoms with Crippen molar-refractivity contribution in [3.63, 3.8) is 0 Å². The van der Waals surface area contributed by atoms with Gasteiger partial charge in [0.15, 0.2) is 5.13 Å². The number of aromatic nitrogens is 3. The Kier molecular flexibility index (Phi) is 7.43. The van der Waals surface area contributed by atoms with Crippen LogP contribution in [0.25, 0.3) is 11.0 Å². The molecule has 0 unspecified atom stereocenters. The molecule has 4 rings (SSSR count). The highest BCUT2D eigenvalue weighted by atomic mass is 32.1. The molecule has 0 aliphatic rings. The summed E-state index contributed by atoms with van der Waals surface area (Å²) in [5, 5.41) is 7.91. The monoisotopic (exact) mass is 463 g/mol. The van der Waals surface area contributed by atoms with Crippen LogP contribution >= 0.6 is 11.3 Å². The maximum absolute atomic E-state index is 12.7. The molecule has 33 heavy (non-hydrogen) atoms. The lowest BCUT2D eigenvalue weighted by atomic mass is 10.2. The lowest BCUT2D eigenvalue weighted by Gasteiger charge is -2.10. The minimum atomic E-state index is -0.235. The quantitative estimate of drug-likeness (QED) is 0.341. The number of aryl methyl sites for hydroxylation is 1. The lowest BCUT2D eigenvalue weighted by molar-refractivity contribution is -0.115. The first-order chi connectivity index (χ1) is 16.1. The van der Waals surface area contributed by atoms with E-state index < -0.39 is 0 Å². The van der Waals surface area contributed by atoms with E-state index in [0.717, 1.165) is 17.5 Å². The van der Waals surface area contributed by atoms with Crippen LogP contribution in [0.15, 0.2) is 60.0 Å². The molecule has 0 atom stereocenters. The van der Waals surface area contributed by atoms with Crippen LogP contribution in [0.1, 0.15) is 29.4 Å². The third kappa shape index (κ3) is 5.82. The number of thiazole rings is 1. The number of carbonyl (C=O) groups is 2. The number of nitrogens with one attached hydrogen (secondary N) is 2. The predicted molar refractivity (Wildman–Crippen MR) is 130 cm³/mol. The Hall–Kier alpha value is -3.56. The molecule has 0 radical (unpaired) electrons. The van der Waals surface area contributed by atoms with Gasteiger partial charge in [0, 0.05) is 30.7 Å². The van der Waals surface area contributed by atoms with Gasteiger partial charge >= 0.3 is 0 Å². The van der Waals surface area contributed by atoms with Gasteiger partial charge in [-0.2, -0.15) is 0 Å². The van der Waals surface area contributed by atoms with E-state index in [-0.39, 0.29) is 18.2 Å². The highest BCUT2D eigenvalue weighted by Crippen LogP contribution is 2.21. The number of hydrogen-bond donors (Lipinski definition) is 2. The van der Waals surface area contributed by atoms with Gasteiger partial charge in [0.05, 0.1) is 23.1 Å². The van der Waals surface area contributed by atoms with Gasteiger partial charge in [-0.25, -0.2) is 9.97 Å². The molecule has 2 aromatic carbocycles. The third-order valence-corrected chi connectivity index (χ3v) is 5.74. The number of para-hydroxylation sites is 2. The van der Waals surface area contributed by atoms with Crippen LogP contribution in [-0.2, 0) is 22.5 Å². The van der Waals surface area contributed by atoms with Gasteiger partial charge in [-0.3, -0.25) is 20.2 Å². The molecule has 0 saturated carbocycles. The van der Waals surface area contributed by atoms with Crippen molar-refractivity contribution in [2.75, 3.05) is 23.8 Å². The van der Waals surface area contributed by atoms with Crippen molar-refractivity contribution in [2.24, 2.45) is 0 Å². The van der Waals surface area contributed by atoms with Crippen molar-refractivity contribution in [1.29, 1.82) is 0 Å². The second kappa shape index (κ2) is 10.8. The van der Waals surface area contributed by atoms with Gasteiger partial charge in [-0.05, 0) is 37.6 Å².